The van der Waals surface area contributed by atoms with Gasteiger partial charge >= 0.3 is 0 Å². The van der Waals surface area contributed by atoms with Crippen LogP contribution in [0.3, 0.4) is 0 Å². The fraction of sp³-hybridized carbons (Fsp3) is 0.250. The number of para-hydroxylation sites is 1. The number of hydrogen-bond donors (Lipinski definition) is 1. The molecule has 2 aromatic heterocycles. The molecule has 0 saturated carbocycles. The molecule has 6 heteroatoms. The predicted octanol–water partition coefficient (Wildman–Crippen LogP) is 3.56. The van der Waals surface area contributed by atoms with Gasteiger partial charge in [0.2, 0.25) is 0 Å². The zero-order chi connectivity index (χ0) is 17.8. The van der Waals surface area contributed by atoms with E-state index in [0.29, 0.717) is 11.3 Å². The highest BCUT2D eigenvalue weighted by atomic mass is 32.2. The van der Waals surface area contributed by atoms with Crippen LogP contribution in [0.15, 0.2) is 61.1 Å². The second-order valence-corrected chi connectivity index (χ2v) is 7.50. The lowest BCUT2D eigenvalue weighted by Gasteiger charge is -2.22. The first-order valence-electron chi connectivity index (χ1n) is 8.75. The molecule has 1 fully saturated rings. The Hall–Kier alpha value is -2.60. The first-order chi connectivity index (χ1) is 12.8. The zero-order valence-electron chi connectivity index (χ0n) is 14.3. The Morgan fingerprint density at radius 2 is 1.92 bits per heavy atom. The van der Waals surface area contributed by atoms with Gasteiger partial charge < -0.3 is 5.32 Å². The minimum atomic E-state index is -0.0667. The maximum Gasteiger partial charge on any atom is 0.255 e. The van der Waals surface area contributed by atoms with E-state index >= 15 is 0 Å². The molecule has 0 spiro atoms. The Morgan fingerprint density at radius 1 is 1.12 bits per heavy atom. The van der Waals surface area contributed by atoms with Gasteiger partial charge in [0.1, 0.15) is 5.69 Å². The van der Waals surface area contributed by atoms with Gasteiger partial charge in [0.25, 0.3) is 5.91 Å². The highest BCUT2D eigenvalue weighted by Gasteiger charge is 2.22. The van der Waals surface area contributed by atoms with Crippen LogP contribution >= 0.6 is 11.8 Å². The van der Waals surface area contributed by atoms with E-state index < -0.39 is 0 Å². The third-order valence-corrected chi connectivity index (χ3v) is 5.52. The van der Waals surface area contributed by atoms with E-state index in [0.717, 1.165) is 35.6 Å². The van der Waals surface area contributed by atoms with Crippen molar-refractivity contribution in [2.45, 2.75) is 18.9 Å². The van der Waals surface area contributed by atoms with Crippen molar-refractivity contribution in [2.24, 2.45) is 0 Å². The lowest BCUT2D eigenvalue weighted by Crippen LogP contribution is -2.37. The van der Waals surface area contributed by atoms with Crippen LogP contribution in [0.2, 0.25) is 0 Å². The third kappa shape index (κ3) is 3.65. The van der Waals surface area contributed by atoms with Crippen LogP contribution in [0.5, 0.6) is 0 Å². The number of amides is 1. The molecule has 1 amide bonds. The number of aromatic nitrogens is 3. The normalized spacial score (nSPS) is 14.9. The molecule has 0 bridgehead atoms. The minimum Gasteiger partial charge on any atom is -0.349 e. The van der Waals surface area contributed by atoms with Gasteiger partial charge in [-0.3, -0.25) is 9.78 Å². The molecule has 5 nitrogen and oxygen atoms in total. The molecule has 0 unspecified atom stereocenters. The maximum absolute atomic E-state index is 13.0. The topological polar surface area (TPSA) is 59.8 Å². The molecule has 1 aliphatic heterocycles. The number of nitrogens with one attached hydrogen (secondary N) is 1. The fourth-order valence-corrected chi connectivity index (χ4v) is 4.18. The standard InChI is InChI=1S/C20H20N4OS/c25-20(22-16-8-11-26-12-9-16)18-14-24(17-6-2-1-3-7-17)23-19(18)15-5-4-10-21-13-15/h1-7,10,13-14,16H,8-9,11-12H2,(H,22,25). The maximum atomic E-state index is 13.0. The molecule has 3 heterocycles. The largest absolute Gasteiger partial charge is 0.349 e. The summed E-state index contributed by atoms with van der Waals surface area (Å²) in [5.74, 6) is 2.14. The molecular weight excluding hydrogens is 344 g/mol. The van der Waals surface area contributed by atoms with E-state index in [1.807, 2.05) is 60.4 Å². The van der Waals surface area contributed by atoms with Crippen LogP contribution in [-0.4, -0.2) is 38.2 Å². The van der Waals surface area contributed by atoms with Crippen LogP contribution in [0.4, 0.5) is 0 Å². The van der Waals surface area contributed by atoms with Crippen molar-refractivity contribution < 1.29 is 4.79 Å². The lowest BCUT2D eigenvalue weighted by atomic mass is 10.1. The average molecular weight is 364 g/mol. The van der Waals surface area contributed by atoms with E-state index in [9.17, 15) is 4.79 Å². The van der Waals surface area contributed by atoms with Crippen molar-refractivity contribution in [1.82, 2.24) is 20.1 Å². The quantitative estimate of drug-likeness (QED) is 0.769. The summed E-state index contributed by atoms with van der Waals surface area (Å²) in [5.41, 5.74) is 3.00. The summed E-state index contributed by atoms with van der Waals surface area (Å²) in [6.07, 6.45) is 7.31. The van der Waals surface area contributed by atoms with Crippen molar-refractivity contribution in [3.05, 3.63) is 66.6 Å². The molecule has 3 aromatic rings. The van der Waals surface area contributed by atoms with Gasteiger partial charge in [-0.05, 0) is 48.6 Å². The SMILES string of the molecule is O=C(NC1CCSCC1)c1cn(-c2ccccc2)nc1-c1cccnc1. The summed E-state index contributed by atoms with van der Waals surface area (Å²) in [7, 11) is 0. The third-order valence-electron chi connectivity index (χ3n) is 4.47. The molecule has 1 N–H and O–H groups in total. The molecule has 0 aliphatic carbocycles. The first kappa shape index (κ1) is 16.8. The molecular formula is C20H20N4OS. The number of hydrogen-bond acceptors (Lipinski definition) is 4. The number of carbonyl (C=O) groups is 1. The van der Waals surface area contributed by atoms with Crippen LogP contribution in [0.25, 0.3) is 16.9 Å². The number of pyridine rings is 1. The summed E-state index contributed by atoms with van der Waals surface area (Å²) in [5, 5.41) is 7.86. The van der Waals surface area contributed by atoms with E-state index in [2.05, 4.69) is 15.4 Å². The van der Waals surface area contributed by atoms with E-state index in [1.54, 1.807) is 17.1 Å². The Bertz CT molecular complexity index is 873. The first-order valence-corrected chi connectivity index (χ1v) is 9.91. The van der Waals surface area contributed by atoms with Gasteiger partial charge in [-0.2, -0.15) is 16.9 Å². The van der Waals surface area contributed by atoms with Gasteiger partial charge in [0.05, 0.1) is 11.3 Å². The molecule has 0 radical (unpaired) electrons. The predicted molar refractivity (Wildman–Crippen MR) is 105 cm³/mol. The fourth-order valence-electron chi connectivity index (χ4n) is 3.07. The monoisotopic (exact) mass is 364 g/mol. The van der Waals surface area contributed by atoms with Crippen molar-refractivity contribution in [3.63, 3.8) is 0 Å². The minimum absolute atomic E-state index is 0.0667. The van der Waals surface area contributed by atoms with Gasteiger partial charge in [0.15, 0.2) is 0 Å². The van der Waals surface area contributed by atoms with E-state index in [-0.39, 0.29) is 11.9 Å². The van der Waals surface area contributed by atoms with Crippen LogP contribution in [0.1, 0.15) is 23.2 Å². The highest BCUT2D eigenvalue weighted by molar-refractivity contribution is 7.99. The van der Waals surface area contributed by atoms with Crippen molar-refractivity contribution in [1.29, 1.82) is 0 Å². The number of thioether (sulfide) groups is 1. The Kier molecular flexibility index (Phi) is 5.02. The summed E-state index contributed by atoms with van der Waals surface area (Å²) in [4.78, 5) is 17.1. The molecule has 26 heavy (non-hydrogen) atoms. The molecule has 132 valence electrons. The summed E-state index contributed by atoms with van der Waals surface area (Å²) in [6, 6.07) is 13.9. The Balaban J connectivity index is 1.69. The average Bonchev–Trinajstić information content (AvgIpc) is 3.16. The second kappa shape index (κ2) is 7.74. The molecule has 1 aromatic carbocycles. The van der Waals surface area contributed by atoms with Gasteiger partial charge in [-0.15, -0.1) is 0 Å². The van der Waals surface area contributed by atoms with Crippen molar-refractivity contribution in [3.8, 4) is 16.9 Å². The smallest absolute Gasteiger partial charge is 0.255 e. The summed E-state index contributed by atoms with van der Waals surface area (Å²) < 4.78 is 1.76. The lowest BCUT2D eigenvalue weighted by molar-refractivity contribution is 0.0935. The van der Waals surface area contributed by atoms with Gasteiger partial charge in [-0.25, -0.2) is 4.68 Å². The number of carbonyl (C=O) groups excluding carboxylic acids is 1. The van der Waals surface area contributed by atoms with Crippen molar-refractivity contribution >= 4 is 17.7 Å². The second-order valence-electron chi connectivity index (χ2n) is 6.27. The molecule has 1 saturated heterocycles. The van der Waals surface area contributed by atoms with Gasteiger partial charge in [-0.1, -0.05) is 18.2 Å². The summed E-state index contributed by atoms with van der Waals surface area (Å²) in [6.45, 7) is 0. The Labute approximate surface area is 156 Å². The molecule has 4 rings (SSSR count). The number of rotatable bonds is 4. The van der Waals surface area contributed by atoms with Crippen LogP contribution in [0, 0.1) is 0 Å². The Morgan fingerprint density at radius 3 is 2.65 bits per heavy atom. The summed E-state index contributed by atoms with van der Waals surface area (Å²) >= 11 is 1.95. The van der Waals surface area contributed by atoms with E-state index in [4.69, 9.17) is 0 Å². The molecule has 1 aliphatic rings. The zero-order valence-corrected chi connectivity index (χ0v) is 15.2. The van der Waals surface area contributed by atoms with Gasteiger partial charge in [0, 0.05) is 30.2 Å². The molecule has 0 atom stereocenters. The number of nitrogens with zero attached hydrogens (tertiary/aromatic N) is 3. The van der Waals surface area contributed by atoms with E-state index in [1.165, 1.54) is 0 Å². The van der Waals surface area contributed by atoms with Crippen LogP contribution < -0.4 is 5.32 Å². The highest BCUT2D eigenvalue weighted by Crippen LogP contribution is 2.24. The van der Waals surface area contributed by atoms with Crippen molar-refractivity contribution in [2.75, 3.05) is 11.5 Å². The van der Waals surface area contributed by atoms with Crippen LogP contribution in [-0.2, 0) is 0 Å². The number of benzene rings is 1.